The summed E-state index contributed by atoms with van der Waals surface area (Å²) in [6.45, 7) is 8.69. The molecule has 0 atom stereocenters. The molecule has 3 aromatic rings. The number of benzene rings is 2. The van der Waals surface area contributed by atoms with Crippen LogP contribution in [0.4, 0.5) is 0 Å². The zero-order valence-corrected chi connectivity index (χ0v) is 17.3. The monoisotopic (exact) mass is 396 g/mol. The Bertz CT molecular complexity index is 1190. The van der Waals surface area contributed by atoms with Crippen molar-refractivity contribution in [2.75, 3.05) is 0 Å². The Balaban J connectivity index is 2.12. The first-order valence-electron chi connectivity index (χ1n) is 9.37. The fraction of sp³-hybridized carbons (Fsp3) is 0.318. The van der Waals surface area contributed by atoms with Crippen LogP contribution in [0.5, 0.6) is 0 Å². The second-order valence-electron chi connectivity index (χ2n) is 8.18. The molecule has 7 heteroatoms. The van der Waals surface area contributed by atoms with E-state index in [0.29, 0.717) is 6.54 Å². The molecule has 29 heavy (non-hydrogen) atoms. The molecule has 7 nitrogen and oxygen atoms in total. The number of carboxylic acid groups (broad SMARTS) is 1. The van der Waals surface area contributed by atoms with Gasteiger partial charge in [-0.25, -0.2) is 19.3 Å². The average molecular weight is 396 g/mol. The number of carbonyl (C=O) groups is 1. The number of aryl methyl sites for hydroxylation is 2. The fourth-order valence-electron chi connectivity index (χ4n) is 3.71. The van der Waals surface area contributed by atoms with Crippen LogP contribution in [0.3, 0.4) is 0 Å². The van der Waals surface area contributed by atoms with Crippen molar-refractivity contribution >= 4 is 22.9 Å². The molecular weight excluding hydrogens is 370 g/mol. The minimum Gasteiger partial charge on any atom is -0.478 e. The van der Waals surface area contributed by atoms with E-state index in [1.54, 1.807) is 13.1 Å². The predicted octanol–water partition coefficient (Wildman–Crippen LogP) is 1.69. The third-order valence-corrected chi connectivity index (χ3v) is 5.15. The summed E-state index contributed by atoms with van der Waals surface area (Å²) >= 11 is 0. The van der Waals surface area contributed by atoms with E-state index in [0.717, 1.165) is 21.4 Å². The highest BCUT2D eigenvalue weighted by molar-refractivity contribution is 6.02. The molecule has 0 aliphatic heterocycles. The van der Waals surface area contributed by atoms with Crippen molar-refractivity contribution in [3.8, 4) is 0 Å². The van der Waals surface area contributed by atoms with E-state index >= 15 is 0 Å². The Labute approximate surface area is 168 Å². The molecule has 0 aliphatic carbocycles. The normalized spacial score (nSPS) is 12.5. The first-order chi connectivity index (χ1) is 13.5. The van der Waals surface area contributed by atoms with Gasteiger partial charge in [0.05, 0.1) is 10.9 Å². The van der Waals surface area contributed by atoms with Gasteiger partial charge in [0.1, 0.15) is 12.1 Å². The summed E-state index contributed by atoms with van der Waals surface area (Å²) in [7, 11) is 1.54. The number of aliphatic hydroxyl groups is 1. The summed E-state index contributed by atoms with van der Waals surface area (Å²) in [5, 5.41) is 20.3. The fourth-order valence-corrected chi connectivity index (χ4v) is 3.71. The molecule has 1 aromatic heterocycles. The zero-order valence-electron chi connectivity index (χ0n) is 17.3. The smallest absolute Gasteiger partial charge is 0.474 e. The number of carboxylic acids is 1. The summed E-state index contributed by atoms with van der Waals surface area (Å²) in [6.07, 6.45) is 0. The first-order valence-corrected chi connectivity index (χ1v) is 9.37. The van der Waals surface area contributed by atoms with Crippen LogP contribution in [0.2, 0.25) is 0 Å². The van der Waals surface area contributed by atoms with E-state index in [2.05, 4.69) is 31.8 Å². The highest BCUT2D eigenvalue weighted by atomic mass is 16.4. The van der Waals surface area contributed by atoms with Crippen molar-refractivity contribution in [3.05, 3.63) is 69.0 Å². The summed E-state index contributed by atoms with van der Waals surface area (Å²) in [5.74, 6) is -1.13. The third-order valence-electron chi connectivity index (χ3n) is 5.15. The Morgan fingerprint density at radius 3 is 2.38 bits per heavy atom. The van der Waals surface area contributed by atoms with Gasteiger partial charge in [-0.15, -0.1) is 0 Å². The van der Waals surface area contributed by atoms with E-state index in [-0.39, 0.29) is 27.9 Å². The highest BCUT2D eigenvalue weighted by Crippen LogP contribution is 2.27. The standard InChI is InChI=1S/C22H25N3O4/c1-13-8-6-11-17(22(2,3)4)16(13)12-23-21(29)25-19(26)14-9-7-10-15(20(27)28)18(14)24(25)5/h6-11H,12H2,1-5H3,(H,23,29)(H,27,28)/p+1. The predicted molar refractivity (Wildman–Crippen MR) is 112 cm³/mol. The van der Waals surface area contributed by atoms with Gasteiger partial charge in [0.2, 0.25) is 0 Å². The number of aliphatic hydroxyl groups excluding tert-OH is 1. The van der Waals surface area contributed by atoms with Crippen molar-refractivity contribution in [2.24, 2.45) is 7.05 Å². The number of para-hydroxylation sites is 1. The second kappa shape index (κ2) is 7.24. The second-order valence-corrected chi connectivity index (χ2v) is 8.18. The minimum atomic E-state index is -1.13. The van der Waals surface area contributed by atoms with Gasteiger partial charge >= 0.3 is 17.6 Å². The van der Waals surface area contributed by atoms with Gasteiger partial charge in [0, 0.05) is 7.05 Å². The van der Waals surface area contributed by atoms with Gasteiger partial charge in [-0.1, -0.05) is 45.0 Å². The minimum absolute atomic E-state index is 0.00238. The SMILES string of the molecule is Cc1cccc(C(C)(C)C)c1C[NH+]=C(O)n1c(=O)c2cccc(C(=O)O)c2n1C. The van der Waals surface area contributed by atoms with Gasteiger partial charge in [-0.2, -0.15) is 0 Å². The first kappa shape index (κ1) is 20.4. The number of nitrogens with one attached hydrogen (secondary N) is 1. The van der Waals surface area contributed by atoms with Gasteiger partial charge in [0.15, 0.2) is 0 Å². The molecule has 0 bridgehead atoms. The summed E-state index contributed by atoms with van der Waals surface area (Å²) in [6, 6.07) is 10.2. The van der Waals surface area contributed by atoms with Crippen LogP contribution >= 0.6 is 0 Å². The van der Waals surface area contributed by atoms with Crippen molar-refractivity contribution in [2.45, 2.75) is 39.7 Å². The lowest BCUT2D eigenvalue weighted by Crippen LogP contribution is -2.74. The van der Waals surface area contributed by atoms with E-state index < -0.39 is 11.5 Å². The topological polar surface area (TPSA) is 98.4 Å². The largest absolute Gasteiger partial charge is 0.478 e. The molecule has 0 saturated carbocycles. The number of fused-ring (bicyclic) bond motifs is 1. The van der Waals surface area contributed by atoms with Crippen LogP contribution in [0.1, 0.15) is 47.8 Å². The molecule has 0 saturated heterocycles. The van der Waals surface area contributed by atoms with E-state index in [9.17, 15) is 19.8 Å². The van der Waals surface area contributed by atoms with Crippen LogP contribution in [-0.2, 0) is 19.0 Å². The molecule has 0 spiro atoms. The van der Waals surface area contributed by atoms with Gasteiger partial charge in [-0.3, -0.25) is 0 Å². The van der Waals surface area contributed by atoms with E-state index in [1.165, 1.54) is 16.8 Å². The lowest BCUT2D eigenvalue weighted by atomic mass is 9.82. The maximum Gasteiger partial charge on any atom is 0.474 e. The third kappa shape index (κ3) is 3.55. The molecule has 2 aromatic carbocycles. The Hall–Kier alpha value is -3.35. The number of nitrogens with zero attached hydrogens (tertiary/aromatic N) is 2. The van der Waals surface area contributed by atoms with Crippen molar-refractivity contribution in [3.63, 3.8) is 0 Å². The van der Waals surface area contributed by atoms with Crippen molar-refractivity contribution < 1.29 is 20.0 Å². The lowest BCUT2D eigenvalue weighted by molar-refractivity contribution is -0.487. The maximum atomic E-state index is 12.8. The molecule has 3 N–H and O–H groups in total. The van der Waals surface area contributed by atoms with Crippen molar-refractivity contribution in [1.29, 1.82) is 0 Å². The Morgan fingerprint density at radius 2 is 1.76 bits per heavy atom. The number of aromatic nitrogens is 2. The van der Waals surface area contributed by atoms with Crippen molar-refractivity contribution in [1.82, 2.24) is 9.36 Å². The molecule has 0 radical (unpaired) electrons. The molecule has 0 amide bonds. The Morgan fingerprint density at radius 1 is 1.10 bits per heavy atom. The number of hydrogen-bond donors (Lipinski definition) is 3. The molecule has 0 fully saturated rings. The molecule has 152 valence electrons. The molecule has 3 rings (SSSR count). The van der Waals surface area contributed by atoms with Crippen LogP contribution in [0, 0.1) is 6.92 Å². The Kier molecular flexibility index (Phi) is 5.09. The van der Waals surface area contributed by atoms with E-state index in [4.69, 9.17) is 0 Å². The summed E-state index contributed by atoms with van der Waals surface area (Å²) < 4.78 is 2.40. The molecule has 1 heterocycles. The van der Waals surface area contributed by atoms with Crippen LogP contribution in [0.15, 0.2) is 41.2 Å². The number of hydrogen-bond acceptors (Lipinski definition) is 2. The van der Waals surface area contributed by atoms with Gasteiger partial charge in [-0.05, 0) is 45.8 Å². The number of rotatable bonds is 3. The summed E-state index contributed by atoms with van der Waals surface area (Å²) in [4.78, 5) is 27.3. The lowest BCUT2D eigenvalue weighted by Gasteiger charge is -2.23. The molecule has 0 unspecified atom stereocenters. The van der Waals surface area contributed by atoms with E-state index in [1.807, 2.05) is 19.1 Å². The molecular formula is C22H26N3O4+. The summed E-state index contributed by atoms with van der Waals surface area (Å²) in [5.41, 5.74) is 2.96. The number of aromatic carboxylic acids is 1. The van der Waals surface area contributed by atoms with Gasteiger partial charge in [0.25, 0.3) is 0 Å². The average Bonchev–Trinajstić information content (AvgIpc) is 2.90. The quantitative estimate of drug-likeness (QED) is 0.463. The maximum absolute atomic E-state index is 12.8. The van der Waals surface area contributed by atoms with Gasteiger partial charge < -0.3 is 10.2 Å². The highest BCUT2D eigenvalue weighted by Gasteiger charge is 2.26. The van der Waals surface area contributed by atoms with Crippen LogP contribution in [-0.4, -0.2) is 31.6 Å². The zero-order chi connectivity index (χ0) is 21.5. The van der Waals surface area contributed by atoms with Crippen LogP contribution < -0.4 is 10.6 Å². The molecule has 0 aliphatic rings. The van der Waals surface area contributed by atoms with Crippen LogP contribution in [0.25, 0.3) is 10.9 Å².